The molecule has 6 aromatic carbocycles. The van der Waals surface area contributed by atoms with Crippen LogP contribution in [0.1, 0.15) is 25.0 Å². The van der Waals surface area contributed by atoms with Gasteiger partial charge in [-0.15, -0.1) is 0 Å². The molecule has 1 aliphatic rings. The summed E-state index contributed by atoms with van der Waals surface area (Å²) in [7, 11) is 0. The minimum atomic E-state index is -0.110. The maximum Gasteiger partial charge on any atom is 0.167 e. The van der Waals surface area contributed by atoms with Crippen molar-refractivity contribution in [2.24, 2.45) is 0 Å². The van der Waals surface area contributed by atoms with Crippen molar-refractivity contribution in [3.05, 3.63) is 157 Å². The van der Waals surface area contributed by atoms with Crippen molar-refractivity contribution in [1.29, 1.82) is 0 Å². The predicted molar refractivity (Wildman–Crippen MR) is 190 cm³/mol. The number of anilines is 3. The molecule has 224 valence electrons. The van der Waals surface area contributed by atoms with Crippen LogP contribution in [0.25, 0.3) is 56.1 Å². The highest BCUT2D eigenvalue weighted by atomic mass is 16.3. The summed E-state index contributed by atoms with van der Waals surface area (Å²) in [4.78, 5) is 17.4. The van der Waals surface area contributed by atoms with Crippen LogP contribution in [0.5, 0.6) is 0 Å². The maximum atomic E-state index is 6.38. The van der Waals surface area contributed by atoms with Gasteiger partial charge in [0, 0.05) is 33.0 Å². The molecule has 0 unspecified atom stereocenters. The molecule has 3 heterocycles. The second-order valence-electron chi connectivity index (χ2n) is 12.5. The van der Waals surface area contributed by atoms with Crippen molar-refractivity contribution >= 4 is 39.0 Å². The Labute approximate surface area is 272 Å². The Hall–Kier alpha value is -6.07. The van der Waals surface area contributed by atoms with Crippen LogP contribution in [0.2, 0.25) is 0 Å². The third-order valence-corrected chi connectivity index (χ3v) is 9.33. The number of hydrogen-bond donors (Lipinski definition) is 0. The molecule has 9 rings (SSSR count). The van der Waals surface area contributed by atoms with Crippen LogP contribution in [0.15, 0.2) is 150 Å². The van der Waals surface area contributed by atoms with Crippen molar-refractivity contribution in [3.8, 4) is 34.2 Å². The van der Waals surface area contributed by atoms with Crippen molar-refractivity contribution in [2.75, 3.05) is 4.90 Å². The fourth-order valence-corrected chi connectivity index (χ4v) is 6.97. The molecule has 0 bridgehead atoms. The van der Waals surface area contributed by atoms with Gasteiger partial charge in [0.25, 0.3) is 0 Å². The number of hydrogen-bond acceptors (Lipinski definition) is 5. The zero-order chi connectivity index (χ0) is 31.5. The first kappa shape index (κ1) is 27.3. The molecule has 5 nitrogen and oxygen atoms in total. The molecule has 0 aliphatic carbocycles. The first-order valence-electron chi connectivity index (χ1n) is 15.9. The van der Waals surface area contributed by atoms with Crippen LogP contribution >= 0.6 is 0 Å². The highest BCUT2D eigenvalue weighted by Crippen LogP contribution is 2.51. The topological polar surface area (TPSA) is 55.1 Å². The third kappa shape index (κ3) is 4.35. The summed E-state index contributed by atoms with van der Waals surface area (Å²) in [6.45, 7) is 4.61. The molecular weight excluding hydrogens is 576 g/mol. The van der Waals surface area contributed by atoms with Crippen LogP contribution in [0.3, 0.4) is 0 Å². The van der Waals surface area contributed by atoms with E-state index in [1.54, 1.807) is 0 Å². The van der Waals surface area contributed by atoms with Gasteiger partial charge in [-0.1, -0.05) is 111 Å². The smallest absolute Gasteiger partial charge is 0.167 e. The Morgan fingerprint density at radius 1 is 0.489 bits per heavy atom. The van der Waals surface area contributed by atoms with Crippen LogP contribution in [-0.4, -0.2) is 15.0 Å². The zero-order valence-electron chi connectivity index (χ0n) is 26.1. The van der Waals surface area contributed by atoms with Crippen LogP contribution in [0.4, 0.5) is 17.1 Å². The number of aromatic nitrogens is 3. The van der Waals surface area contributed by atoms with Gasteiger partial charge < -0.3 is 9.32 Å². The zero-order valence-corrected chi connectivity index (χ0v) is 26.1. The van der Waals surface area contributed by atoms with Gasteiger partial charge >= 0.3 is 0 Å². The summed E-state index contributed by atoms with van der Waals surface area (Å²) in [5.41, 5.74) is 10.2. The number of rotatable bonds is 4. The maximum absolute atomic E-state index is 6.38. The number of nitrogens with zero attached hydrogens (tertiary/aromatic N) is 4. The quantitative estimate of drug-likeness (QED) is 0.199. The molecule has 1 aliphatic heterocycles. The Morgan fingerprint density at radius 2 is 1.04 bits per heavy atom. The third-order valence-electron chi connectivity index (χ3n) is 9.33. The molecule has 0 N–H and O–H groups in total. The fraction of sp³-hybridized carbons (Fsp3) is 0.0714. The van der Waals surface area contributed by atoms with Gasteiger partial charge in [-0.3, -0.25) is 0 Å². The molecule has 0 fully saturated rings. The van der Waals surface area contributed by atoms with Crippen LogP contribution in [0, 0.1) is 0 Å². The van der Waals surface area contributed by atoms with Crippen molar-refractivity contribution in [3.63, 3.8) is 0 Å². The van der Waals surface area contributed by atoms with E-state index in [2.05, 4.69) is 104 Å². The van der Waals surface area contributed by atoms with E-state index in [0.29, 0.717) is 17.5 Å². The fourth-order valence-electron chi connectivity index (χ4n) is 6.97. The molecule has 0 spiro atoms. The SMILES string of the molecule is CC1(C)c2ccccc2N(c2ccc(-c3nc(-c4ccccc4)nc(-c4cccc5c4oc4ccccc45)n3)cc2)c2ccccc21. The molecule has 47 heavy (non-hydrogen) atoms. The Morgan fingerprint density at radius 3 is 1.74 bits per heavy atom. The van der Waals surface area contributed by atoms with Gasteiger partial charge in [-0.25, -0.2) is 15.0 Å². The second-order valence-corrected chi connectivity index (χ2v) is 12.5. The molecule has 0 amide bonds. The van der Waals surface area contributed by atoms with E-state index in [-0.39, 0.29) is 5.41 Å². The minimum absolute atomic E-state index is 0.110. The average Bonchev–Trinajstić information content (AvgIpc) is 3.51. The summed E-state index contributed by atoms with van der Waals surface area (Å²) < 4.78 is 6.38. The molecule has 2 aromatic heterocycles. The van der Waals surface area contributed by atoms with E-state index in [9.17, 15) is 0 Å². The van der Waals surface area contributed by atoms with Crippen molar-refractivity contribution < 1.29 is 4.42 Å². The number of fused-ring (bicyclic) bond motifs is 5. The number of benzene rings is 6. The average molecular weight is 607 g/mol. The van der Waals surface area contributed by atoms with Gasteiger partial charge in [-0.05, 0) is 59.7 Å². The molecule has 0 saturated carbocycles. The summed E-state index contributed by atoms with van der Waals surface area (Å²) in [6.07, 6.45) is 0. The number of furan rings is 1. The van der Waals surface area contributed by atoms with Gasteiger partial charge in [0.1, 0.15) is 11.2 Å². The predicted octanol–water partition coefficient (Wildman–Crippen LogP) is 10.9. The molecule has 0 radical (unpaired) electrons. The standard InChI is InChI=1S/C42H30N4O/c1-42(2)33-18-7-9-20-35(33)46(36-21-10-8-19-34(36)42)29-25-23-28(24-26-29)40-43-39(27-13-4-3-5-14-27)44-41(45-40)32-17-12-16-31-30-15-6-11-22-37(30)47-38(31)32/h3-26H,1-2H3. The van der Waals surface area contributed by atoms with Gasteiger partial charge in [0.2, 0.25) is 0 Å². The lowest BCUT2D eigenvalue weighted by Gasteiger charge is -2.42. The van der Waals surface area contributed by atoms with E-state index in [0.717, 1.165) is 44.3 Å². The lowest BCUT2D eigenvalue weighted by molar-refractivity contribution is 0.632. The van der Waals surface area contributed by atoms with Gasteiger partial charge in [0.05, 0.1) is 16.9 Å². The Balaban J connectivity index is 1.19. The van der Waals surface area contributed by atoms with Crippen molar-refractivity contribution in [1.82, 2.24) is 15.0 Å². The van der Waals surface area contributed by atoms with Crippen LogP contribution < -0.4 is 4.90 Å². The first-order valence-corrected chi connectivity index (χ1v) is 15.9. The highest BCUT2D eigenvalue weighted by Gasteiger charge is 2.36. The van der Waals surface area contributed by atoms with E-state index in [4.69, 9.17) is 19.4 Å². The van der Waals surface area contributed by atoms with E-state index in [1.807, 2.05) is 60.7 Å². The first-order chi connectivity index (χ1) is 23.1. The van der Waals surface area contributed by atoms with Gasteiger partial charge in [-0.2, -0.15) is 0 Å². The highest BCUT2D eigenvalue weighted by molar-refractivity contribution is 6.09. The lowest BCUT2D eigenvalue weighted by atomic mass is 9.73. The summed E-state index contributed by atoms with van der Waals surface area (Å²) >= 11 is 0. The second kappa shape index (κ2) is 10.5. The number of para-hydroxylation sites is 4. The molecule has 5 heteroatoms. The van der Waals surface area contributed by atoms with E-state index < -0.39 is 0 Å². The lowest BCUT2D eigenvalue weighted by Crippen LogP contribution is -2.30. The molecular formula is C42H30N4O. The van der Waals surface area contributed by atoms with Crippen LogP contribution in [-0.2, 0) is 5.41 Å². The Kier molecular flexibility index (Phi) is 6.09. The van der Waals surface area contributed by atoms with E-state index in [1.165, 1.54) is 22.5 Å². The summed E-state index contributed by atoms with van der Waals surface area (Å²) in [5, 5.41) is 2.11. The Bertz CT molecular complexity index is 2400. The molecule has 8 aromatic rings. The van der Waals surface area contributed by atoms with E-state index >= 15 is 0 Å². The van der Waals surface area contributed by atoms with Crippen molar-refractivity contribution in [2.45, 2.75) is 19.3 Å². The minimum Gasteiger partial charge on any atom is -0.455 e. The molecule has 0 atom stereocenters. The largest absolute Gasteiger partial charge is 0.455 e. The normalized spacial score (nSPS) is 13.4. The molecule has 0 saturated heterocycles. The monoisotopic (exact) mass is 606 g/mol. The summed E-state index contributed by atoms with van der Waals surface area (Å²) in [6, 6.07) is 50.2. The summed E-state index contributed by atoms with van der Waals surface area (Å²) in [5.74, 6) is 1.79. The van der Waals surface area contributed by atoms with Gasteiger partial charge in [0.15, 0.2) is 17.5 Å².